The van der Waals surface area contributed by atoms with Gasteiger partial charge in [-0.05, 0) is 80.1 Å². The van der Waals surface area contributed by atoms with Crippen molar-refractivity contribution in [3.05, 3.63) is 89.4 Å². The summed E-state index contributed by atoms with van der Waals surface area (Å²) >= 11 is 0. The molecule has 0 saturated heterocycles. The van der Waals surface area contributed by atoms with Crippen molar-refractivity contribution in [1.29, 1.82) is 0 Å². The molecule has 2 N–H and O–H groups in total. The topological polar surface area (TPSA) is 126 Å². The number of sulfonamides is 1. The minimum atomic E-state index is -4.12. The number of halogens is 1. The van der Waals surface area contributed by atoms with Crippen LogP contribution < -0.4 is 9.62 Å². The molecule has 3 rings (SSSR count). The number of carbonyl (C=O) groups excluding carboxylic acids is 1. The van der Waals surface area contributed by atoms with Crippen molar-refractivity contribution in [3.63, 3.8) is 0 Å². The molecule has 2 aromatic carbocycles. The number of amides is 1. The largest absolute Gasteiger partial charge is 0.480 e. The molecule has 0 aliphatic rings. The molecule has 11 heteroatoms. The van der Waals surface area contributed by atoms with Crippen molar-refractivity contribution in [1.82, 2.24) is 9.71 Å². The van der Waals surface area contributed by atoms with E-state index in [1.807, 2.05) is 24.3 Å². The van der Waals surface area contributed by atoms with E-state index < -0.39 is 46.1 Å². The predicted molar refractivity (Wildman–Crippen MR) is 154 cm³/mol. The standard InChI is InChI=1S/C30H36FN3O6S/c1-29(2,3)21-12-10-20(11-13-21)18-25(33-41(38,39)23-16-14-22(31)15-17-23)24-8-7-9-26(32-24)34(19-27(35)36)28(37)40-30(4,5)6/h7-17,25,33H,18-19H2,1-6H3,(H,35,36). The highest BCUT2D eigenvalue weighted by atomic mass is 32.2. The Balaban J connectivity index is 2.04. The molecular weight excluding hydrogens is 549 g/mol. The van der Waals surface area contributed by atoms with Gasteiger partial charge in [0.05, 0.1) is 16.6 Å². The number of aliphatic carboxylic acids is 1. The zero-order valence-corrected chi connectivity index (χ0v) is 24.8. The van der Waals surface area contributed by atoms with Crippen LogP contribution in [0.4, 0.5) is 15.0 Å². The van der Waals surface area contributed by atoms with E-state index in [2.05, 4.69) is 30.5 Å². The minimum absolute atomic E-state index is 0.0202. The summed E-state index contributed by atoms with van der Waals surface area (Å²) in [5.41, 5.74) is 1.19. The first-order chi connectivity index (χ1) is 18.9. The molecule has 41 heavy (non-hydrogen) atoms. The van der Waals surface area contributed by atoms with Gasteiger partial charge < -0.3 is 9.84 Å². The van der Waals surface area contributed by atoms with Crippen molar-refractivity contribution < 1.29 is 32.2 Å². The Labute approximate surface area is 240 Å². The fraction of sp³-hybridized carbons (Fsp3) is 0.367. The van der Waals surface area contributed by atoms with E-state index >= 15 is 0 Å². The van der Waals surface area contributed by atoms with Crippen molar-refractivity contribution in [2.75, 3.05) is 11.4 Å². The van der Waals surface area contributed by atoms with E-state index in [0.717, 1.165) is 40.3 Å². The molecule has 9 nitrogen and oxygen atoms in total. The first-order valence-electron chi connectivity index (χ1n) is 13.0. The lowest BCUT2D eigenvalue weighted by molar-refractivity contribution is -0.135. The number of hydrogen-bond donors (Lipinski definition) is 2. The van der Waals surface area contributed by atoms with Crippen LogP contribution in [0, 0.1) is 5.82 Å². The van der Waals surface area contributed by atoms with Crippen molar-refractivity contribution >= 4 is 27.9 Å². The van der Waals surface area contributed by atoms with Crippen LogP contribution in [-0.4, -0.2) is 42.7 Å². The van der Waals surface area contributed by atoms with E-state index in [1.54, 1.807) is 32.9 Å². The van der Waals surface area contributed by atoms with Crippen LogP contribution in [-0.2, 0) is 31.4 Å². The first-order valence-corrected chi connectivity index (χ1v) is 14.5. The van der Waals surface area contributed by atoms with Gasteiger partial charge >= 0.3 is 12.1 Å². The summed E-state index contributed by atoms with van der Waals surface area (Å²) in [4.78, 5) is 29.7. The van der Waals surface area contributed by atoms with Crippen LogP contribution >= 0.6 is 0 Å². The number of hydrogen-bond acceptors (Lipinski definition) is 6. The third-order valence-electron chi connectivity index (χ3n) is 5.98. The number of aromatic nitrogens is 1. The van der Waals surface area contributed by atoms with Crippen molar-refractivity contribution in [3.8, 4) is 0 Å². The third-order valence-corrected chi connectivity index (χ3v) is 7.47. The lowest BCUT2D eigenvalue weighted by Crippen LogP contribution is -2.40. The maximum atomic E-state index is 13.5. The Morgan fingerprint density at radius 2 is 1.59 bits per heavy atom. The number of rotatable bonds is 9. The third kappa shape index (κ3) is 9.09. The molecule has 220 valence electrons. The van der Waals surface area contributed by atoms with Crippen LogP contribution in [0.5, 0.6) is 0 Å². The molecular formula is C30H36FN3O6S. The highest BCUT2D eigenvalue weighted by molar-refractivity contribution is 7.89. The summed E-state index contributed by atoms with van der Waals surface area (Å²) in [5, 5.41) is 9.45. The maximum Gasteiger partial charge on any atom is 0.416 e. The molecule has 0 aliphatic carbocycles. The summed E-state index contributed by atoms with van der Waals surface area (Å²) < 4.78 is 48.1. The van der Waals surface area contributed by atoms with Gasteiger partial charge in [-0.15, -0.1) is 0 Å². The Hall–Kier alpha value is -3.83. The molecule has 0 fully saturated rings. The van der Waals surface area contributed by atoms with E-state index in [1.165, 1.54) is 6.07 Å². The Morgan fingerprint density at radius 1 is 0.976 bits per heavy atom. The second-order valence-corrected chi connectivity index (χ2v) is 13.4. The monoisotopic (exact) mass is 585 g/mol. The van der Waals surface area contributed by atoms with E-state index in [9.17, 15) is 27.5 Å². The SMILES string of the molecule is CC(C)(C)OC(=O)N(CC(=O)O)c1cccc(C(Cc2ccc(C(C)(C)C)cc2)NS(=O)(=O)c2ccc(F)cc2)n1. The summed E-state index contributed by atoms with van der Waals surface area (Å²) in [6.45, 7) is 10.5. The van der Waals surface area contributed by atoms with Gasteiger partial charge in [-0.3, -0.25) is 9.69 Å². The zero-order valence-electron chi connectivity index (χ0n) is 24.0. The first kappa shape index (κ1) is 31.7. The zero-order chi connectivity index (χ0) is 30.6. The predicted octanol–water partition coefficient (Wildman–Crippen LogP) is 5.61. The summed E-state index contributed by atoms with van der Waals surface area (Å²) in [5.74, 6) is -1.88. The average molecular weight is 586 g/mol. The second-order valence-electron chi connectivity index (χ2n) is 11.7. The van der Waals surface area contributed by atoms with Gasteiger partial charge in [0, 0.05) is 0 Å². The van der Waals surface area contributed by atoms with E-state index in [4.69, 9.17) is 4.74 Å². The van der Waals surface area contributed by atoms with Crippen molar-refractivity contribution in [2.24, 2.45) is 0 Å². The minimum Gasteiger partial charge on any atom is -0.480 e. The molecule has 0 aliphatic heterocycles. The smallest absolute Gasteiger partial charge is 0.416 e. The molecule has 1 amide bonds. The highest BCUT2D eigenvalue weighted by Gasteiger charge is 2.28. The number of carboxylic acids is 1. The van der Waals surface area contributed by atoms with Gasteiger partial charge in [0.1, 0.15) is 23.8 Å². The average Bonchev–Trinajstić information content (AvgIpc) is 2.86. The Bertz CT molecular complexity index is 1480. The fourth-order valence-electron chi connectivity index (χ4n) is 3.93. The van der Waals surface area contributed by atoms with Gasteiger partial charge in [-0.25, -0.2) is 27.3 Å². The van der Waals surface area contributed by atoms with E-state index in [0.29, 0.717) is 0 Å². The molecule has 3 aromatic rings. The van der Waals surface area contributed by atoms with Crippen LogP contribution in [0.2, 0.25) is 0 Å². The molecule has 1 aromatic heterocycles. The van der Waals surface area contributed by atoms with Crippen molar-refractivity contribution in [2.45, 2.75) is 69.9 Å². The van der Waals surface area contributed by atoms with Gasteiger partial charge in [-0.1, -0.05) is 51.1 Å². The second kappa shape index (κ2) is 12.4. The molecule has 0 saturated carbocycles. The number of anilines is 1. The number of carboxylic acid groups (broad SMARTS) is 1. The molecule has 1 unspecified atom stereocenters. The Kier molecular flexibility index (Phi) is 9.55. The normalized spacial score (nSPS) is 13.0. The number of nitrogens with zero attached hydrogens (tertiary/aromatic N) is 2. The molecule has 1 heterocycles. The van der Waals surface area contributed by atoms with Crippen LogP contribution in [0.1, 0.15) is 64.4 Å². The molecule has 1 atom stereocenters. The summed E-state index contributed by atoms with van der Waals surface area (Å²) in [6, 6.07) is 15.8. The molecule has 0 bridgehead atoms. The quantitative estimate of drug-likeness (QED) is 0.334. The molecule has 0 spiro atoms. The summed E-state index contributed by atoms with van der Waals surface area (Å²) in [6.07, 6.45) is -0.724. The lowest BCUT2D eigenvalue weighted by atomic mass is 9.86. The number of benzene rings is 2. The van der Waals surface area contributed by atoms with Crippen LogP contribution in [0.3, 0.4) is 0 Å². The number of ether oxygens (including phenoxy) is 1. The van der Waals surface area contributed by atoms with Gasteiger partial charge in [0.15, 0.2) is 0 Å². The highest BCUT2D eigenvalue weighted by Crippen LogP contribution is 2.26. The van der Waals surface area contributed by atoms with Gasteiger partial charge in [-0.2, -0.15) is 0 Å². The number of pyridine rings is 1. The van der Waals surface area contributed by atoms with Gasteiger partial charge in [0.25, 0.3) is 0 Å². The van der Waals surface area contributed by atoms with Gasteiger partial charge in [0.2, 0.25) is 10.0 Å². The molecule has 0 radical (unpaired) electrons. The maximum absolute atomic E-state index is 13.5. The fourth-order valence-corrected chi connectivity index (χ4v) is 5.14. The number of nitrogens with one attached hydrogen (secondary N) is 1. The van der Waals surface area contributed by atoms with Crippen LogP contribution in [0.15, 0.2) is 71.6 Å². The van der Waals surface area contributed by atoms with E-state index in [-0.39, 0.29) is 28.2 Å². The van der Waals surface area contributed by atoms with Crippen LogP contribution in [0.25, 0.3) is 0 Å². The number of carbonyl (C=O) groups is 2. The summed E-state index contributed by atoms with van der Waals surface area (Å²) in [7, 11) is -4.12. The lowest BCUT2D eigenvalue weighted by Gasteiger charge is -2.26. The Morgan fingerprint density at radius 3 is 2.12 bits per heavy atom.